The van der Waals surface area contributed by atoms with Crippen molar-refractivity contribution in [1.82, 2.24) is 4.90 Å². The monoisotopic (exact) mass is 586 g/mol. The molecule has 1 rings (SSSR count). The number of carbonyl (C=O) groups is 4. The molecule has 0 aliphatic rings. The molecule has 1 aromatic carbocycles. The Labute approximate surface area is 254 Å². The van der Waals surface area contributed by atoms with Gasteiger partial charge in [-0.15, -0.1) is 0 Å². The summed E-state index contributed by atoms with van der Waals surface area (Å²) in [7, 11) is 0. The fourth-order valence-electron chi connectivity index (χ4n) is 5.79. The molecule has 0 saturated heterocycles. The maximum atomic E-state index is 14.5. The summed E-state index contributed by atoms with van der Waals surface area (Å²) in [6, 6.07) is 0. The van der Waals surface area contributed by atoms with Crippen LogP contribution in [0.15, 0.2) is 0 Å². The highest BCUT2D eigenvalue weighted by Crippen LogP contribution is 2.33. The summed E-state index contributed by atoms with van der Waals surface area (Å²) in [6.45, 7) is 9.58. The van der Waals surface area contributed by atoms with E-state index in [1.54, 1.807) is 0 Å². The molecular formula is C34H58N4O4. The fraction of sp³-hybridized carbons (Fsp3) is 0.706. The smallest absolute Gasteiger partial charge is 0.254 e. The predicted octanol–water partition coefficient (Wildman–Crippen LogP) is 6.83. The lowest BCUT2D eigenvalue weighted by Crippen LogP contribution is -2.38. The van der Waals surface area contributed by atoms with Gasteiger partial charge in [0, 0.05) is 13.1 Å². The lowest BCUT2D eigenvalue weighted by Gasteiger charge is -2.28. The van der Waals surface area contributed by atoms with Crippen molar-refractivity contribution in [3.05, 3.63) is 33.4 Å². The molecule has 8 heteroatoms. The third-order valence-corrected chi connectivity index (χ3v) is 8.07. The van der Waals surface area contributed by atoms with Gasteiger partial charge in [-0.25, -0.2) is 0 Å². The number of benzene rings is 1. The third-order valence-electron chi connectivity index (χ3n) is 8.07. The van der Waals surface area contributed by atoms with Crippen LogP contribution in [0.25, 0.3) is 0 Å². The maximum Gasteiger partial charge on any atom is 0.254 e. The molecule has 4 amide bonds. The predicted molar refractivity (Wildman–Crippen MR) is 172 cm³/mol. The van der Waals surface area contributed by atoms with Crippen molar-refractivity contribution in [2.45, 2.75) is 143 Å². The van der Waals surface area contributed by atoms with E-state index < -0.39 is 17.7 Å². The van der Waals surface area contributed by atoms with Crippen LogP contribution in [0.1, 0.15) is 183 Å². The fourth-order valence-corrected chi connectivity index (χ4v) is 5.79. The molecule has 0 aromatic heterocycles. The van der Waals surface area contributed by atoms with E-state index in [1.165, 1.54) is 0 Å². The third kappa shape index (κ3) is 11.4. The number of primary amides is 3. The van der Waals surface area contributed by atoms with Crippen molar-refractivity contribution < 1.29 is 19.2 Å². The van der Waals surface area contributed by atoms with E-state index in [4.69, 9.17) is 17.2 Å². The topological polar surface area (TPSA) is 150 Å². The van der Waals surface area contributed by atoms with Gasteiger partial charge in [0.2, 0.25) is 17.7 Å². The number of nitrogens with zero attached hydrogens (tertiary/aromatic N) is 1. The Kier molecular flexibility index (Phi) is 18.5. The Bertz CT molecular complexity index is 1010. The maximum absolute atomic E-state index is 14.5. The van der Waals surface area contributed by atoms with Crippen molar-refractivity contribution in [2.24, 2.45) is 17.2 Å². The summed E-state index contributed by atoms with van der Waals surface area (Å²) in [5.74, 6) is -2.74. The van der Waals surface area contributed by atoms with Crippen molar-refractivity contribution >= 4 is 23.6 Å². The normalized spacial score (nSPS) is 11.0. The molecular weight excluding hydrogens is 528 g/mol. The molecule has 0 bridgehead atoms. The number of amides is 4. The zero-order valence-corrected chi connectivity index (χ0v) is 27.0. The van der Waals surface area contributed by atoms with Gasteiger partial charge >= 0.3 is 0 Å². The van der Waals surface area contributed by atoms with E-state index in [0.29, 0.717) is 44.3 Å². The summed E-state index contributed by atoms with van der Waals surface area (Å²) in [4.78, 5) is 55.6. The Morgan fingerprint density at radius 2 is 0.762 bits per heavy atom. The first-order chi connectivity index (χ1) is 20.2. The standard InChI is InChI=1S/C34H58N4O4/c1-5-9-13-17-21-25-27(31(35)39)28(32(36)40)26(22-18-14-10-6-2)30(29(25)33(37)41)34(42)38(23-19-15-11-7-3)24-20-16-12-8-4/h5-24H2,1-4H3,(H2,35,39)(H2,36,40)(H2,37,41). The quantitative estimate of drug-likeness (QED) is 0.114. The summed E-state index contributed by atoms with van der Waals surface area (Å²) < 4.78 is 0. The number of unbranched alkanes of at least 4 members (excludes halogenated alkanes) is 12. The van der Waals surface area contributed by atoms with E-state index in [-0.39, 0.29) is 33.7 Å². The second-order valence-electron chi connectivity index (χ2n) is 11.6. The van der Waals surface area contributed by atoms with Crippen LogP contribution in [-0.2, 0) is 12.8 Å². The minimum atomic E-state index is -0.832. The molecule has 8 nitrogen and oxygen atoms in total. The minimum absolute atomic E-state index is 0.0187. The number of hydrogen-bond donors (Lipinski definition) is 3. The molecule has 42 heavy (non-hydrogen) atoms. The molecule has 1 aromatic rings. The van der Waals surface area contributed by atoms with Gasteiger partial charge in [0.05, 0.1) is 22.3 Å². The summed E-state index contributed by atoms with van der Waals surface area (Å²) >= 11 is 0. The van der Waals surface area contributed by atoms with Gasteiger partial charge in [0.25, 0.3) is 5.91 Å². The van der Waals surface area contributed by atoms with Crippen LogP contribution in [0.5, 0.6) is 0 Å². The first-order valence-corrected chi connectivity index (χ1v) is 16.6. The molecule has 0 aliphatic carbocycles. The molecule has 0 fully saturated rings. The van der Waals surface area contributed by atoms with E-state index in [9.17, 15) is 19.2 Å². The first kappa shape index (κ1) is 37.1. The van der Waals surface area contributed by atoms with Crippen LogP contribution < -0.4 is 17.2 Å². The summed E-state index contributed by atoms with van der Waals surface area (Å²) in [5.41, 5.74) is 18.6. The van der Waals surface area contributed by atoms with Crippen molar-refractivity contribution in [3.63, 3.8) is 0 Å². The Hall–Kier alpha value is -2.90. The highest BCUT2D eigenvalue weighted by Gasteiger charge is 2.34. The number of nitrogens with two attached hydrogens (primary N) is 3. The average molecular weight is 587 g/mol. The van der Waals surface area contributed by atoms with Crippen molar-refractivity contribution in [1.29, 1.82) is 0 Å². The van der Waals surface area contributed by atoms with Crippen LogP contribution in [0.4, 0.5) is 0 Å². The SMILES string of the molecule is CCCCCCc1c(C(N)=O)c(C(N)=O)c(CCCCCC)c(C(=O)N(CCCCCC)CCCCCC)c1C(N)=O. The van der Waals surface area contributed by atoms with Gasteiger partial charge in [-0.1, -0.05) is 105 Å². The average Bonchev–Trinajstić information content (AvgIpc) is 2.95. The molecule has 6 N–H and O–H groups in total. The number of rotatable bonds is 24. The molecule has 0 heterocycles. The molecule has 0 radical (unpaired) electrons. The first-order valence-electron chi connectivity index (χ1n) is 16.6. The minimum Gasteiger partial charge on any atom is -0.366 e. The second kappa shape index (κ2) is 20.9. The molecule has 0 atom stereocenters. The van der Waals surface area contributed by atoms with Crippen molar-refractivity contribution in [3.8, 4) is 0 Å². The van der Waals surface area contributed by atoms with Crippen molar-refractivity contribution in [2.75, 3.05) is 13.1 Å². The number of hydrogen-bond acceptors (Lipinski definition) is 4. The van der Waals surface area contributed by atoms with Crippen LogP contribution in [-0.4, -0.2) is 41.6 Å². The Morgan fingerprint density at radius 1 is 0.452 bits per heavy atom. The molecule has 238 valence electrons. The van der Waals surface area contributed by atoms with Crippen LogP contribution >= 0.6 is 0 Å². The highest BCUT2D eigenvalue weighted by molar-refractivity contribution is 6.16. The van der Waals surface area contributed by atoms with E-state index in [1.807, 2.05) is 4.90 Å². The largest absolute Gasteiger partial charge is 0.366 e. The van der Waals surface area contributed by atoms with Gasteiger partial charge in [0.15, 0.2) is 0 Å². The Morgan fingerprint density at radius 3 is 1.10 bits per heavy atom. The van der Waals surface area contributed by atoms with Gasteiger partial charge in [-0.05, 0) is 49.7 Å². The van der Waals surface area contributed by atoms with Gasteiger partial charge in [-0.3, -0.25) is 19.2 Å². The Balaban J connectivity index is 3.95. The molecule has 0 saturated carbocycles. The zero-order chi connectivity index (χ0) is 31.5. The molecule has 0 aliphatic heterocycles. The molecule has 0 unspecified atom stereocenters. The van der Waals surface area contributed by atoms with E-state index >= 15 is 0 Å². The lowest BCUT2D eigenvalue weighted by atomic mass is 9.81. The van der Waals surface area contributed by atoms with Gasteiger partial charge in [0.1, 0.15) is 0 Å². The highest BCUT2D eigenvalue weighted by atomic mass is 16.2. The number of carbonyl (C=O) groups excluding carboxylic acids is 4. The summed E-state index contributed by atoms with van der Waals surface area (Å²) in [6.07, 6.45) is 15.7. The second-order valence-corrected chi connectivity index (χ2v) is 11.6. The van der Waals surface area contributed by atoms with E-state index in [0.717, 1.165) is 89.9 Å². The van der Waals surface area contributed by atoms with Crippen LogP contribution in [0, 0.1) is 0 Å². The van der Waals surface area contributed by atoms with Gasteiger partial charge in [-0.2, -0.15) is 0 Å². The van der Waals surface area contributed by atoms with Crippen LogP contribution in [0.3, 0.4) is 0 Å². The van der Waals surface area contributed by atoms with E-state index in [2.05, 4.69) is 27.7 Å². The molecule has 0 spiro atoms. The zero-order valence-electron chi connectivity index (χ0n) is 27.0. The summed E-state index contributed by atoms with van der Waals surface area (Å²) in [5, 5.41) is 0. The lowest BCUT2D eigenvalue weighted by molar-refractivity contribution is 0.0742. The van der Waals surface area contributed by atoms with Gasteiger partial charge < -0.3 is 22.1 Å². The van der Waals surface area contributed by atoms with Crippen LogP contribution in [0.2, 0.25) is 0 Å².